The van der Waals surface area contributed by atoms with Crippen LogP contribution in [0.15, 0.2) is 60.7 Å². The van der Waals surface area contributed by atoms with E-state index in [-0.39, 0.29) is 6.61 Å². The number of rotatable bonds is 8. The van der Waals surface area contributed by atoms with Gasteiger partial charge in [-0.15, -0.1) is 0 Å². The summed E-state index contributed by atoms with van der Waals surface area (Å²) >= 11 is 0. The summed E-state index contributed by atoms with van der Waals surface area (Å²) in [5.74, 6) is 0. The lowest BCUT2D eigenvalue weighted by atomic mass is 10.1. The molecule has 0 bridgehead atoms. The highest BCUT2D eigenvalue weighted by atomic mass is 16.3. The summed E-state index contributed by atoms with van der Waals surface area (Å²) in [4.78, 5) is 1.75. The van der Waals surface area contributed by atoms with Gasteiger partial charge in [0.25, 0.3) is 0 Å². The second-order valence-corrected chi connectivity index (χ2v) is 5.63. The lowest BCUT2D eigenvalue weighted by molar-refractivity contribution is 0.286. The van der Waals surface area contributed by atoms with Gasteiger partial charge in [-0.25, -0.2) is 0 Å². The summed E-state index contributed by atoms with van der Waals surface area (Å²) in [6.07, 6.45) is 0.735. The van der Waals surface area contributed by atoms with E-state index in [1.54, 1.807) is 4.80 Å². The van der Waals surface area contributed by atoms with Crippen LogP contribution in [-0.4, -0.2) is 33.3 Å². The smallest absolute Gasteiger partial charge is 0.117 e. The molecule has 0 aliphatic heterocycles. The Balaban J connectivity index is 1.82. The average Bonchev–Trinajstić information content (AvgIpc) is 3.03. The van der Waals surface area contributed by atoms with Crippen molar-refractivity contribution in [2.45, 2.75) is 19.5 Å². The van der Waals surface area contributed by atoms with E-state index in [1.165, 1.54) is 5.56 Å². The average molecular weight is 322 g/mol. The fourth-order valence-corrected chi connectivity index (χ4v) is 2.55. The Morgan fingerprint density at radius 2 is 1.62 bits per heavy atom. The van der Waals surface area contributed by atoms with Crippen molar-refractivity contribution in [3.63, 3.8) is 0 Å². The molecule has 0 saturated carbocycles. The zero-order valence-corrected chi connectivity index (χ0v) is 13.6. The van der Waals surface area contributed by atoms with Crippen molar-refractivity contribution in [3.8, 4) is 11.3 Å². The Kier molecular flexibility index (Phi) is 5.71. The largest absolute Gasteiger partial charge is 0.396 e. The lowest BCUT2D eigenvalue weighted by Gasteiger charge is -2.02. The van der Waals surface area contributed by atoms with E-state index >= 15 is 0 Å². The normalized spacial score (nSPS) is 10.9. The minimum absolute atomic E-state index is 0.194. The second-order valence-electron chi connectivity index (χ2n) is 5.63. The fourth-order valence-electron chi connectivity index (χ4n) is 2.55. The van der Waals surface area contributed by atoms with Gasteiger partial charge in [-0.05, 0) is 18.5 Å². The molecule has 0 unspecified atom stereocenters. The van der Waals surface area contributed by atoms with E-state index in [4.69, 9.17) is 10.2 Å². The third-order valence-electron chi connectivity index (χ3n) is 3.74. The van der Waals surface area contributed by atoms with Gasteiger partial charge in [-0.3, -0.25) is 0 Å². The first kappa shape index (κ1) is 16.4. The molecule has 3 aromatic rings. The van der Waals surface area contributed by atoms with Gasteiger partial charge in [0.15, 0.2) is 0 Å². The zero-order valence-electron chi connectivity index (χ0n) is 13.6. The van der Waals surface area contributed by atoms with Crippen LogP contribution in [0.25, 0.3) is 11.3 Å². The van der Waals surface area contributed by atoms with E-state index in [2.05, 4.69) is 22.5 Å². The molecular formula is C19H22N4O. The van der Waals surface area contributed by atoms with Crippen LogP contribution in [0.4, 0.5) is 0 Å². The Morgan fingerprint density at radius 1 is 0.917 bits per heavy atom. The van der Waals surface area contributed by atoms with E-state index < -0.39 is 0 Å². The van der Waals surface area contributed by atoms with Crippen molar-refractivity contribution < 1.29 is 5.11 Å². The van der Waals surface area contributed by atoms with Crippen LogP contribution >= 0.6 is 0 Å². The molecule has 5 nitrogen and oxygen atoms in total. The van der Waals surface area contributed by atoms with Crippen LogP contribution < -0.4 is 5.32 Å². The molecule has 1 heterocycles. The monoisotopic (exact) mass is 322 g/mol. The van der Waals surface area contributed by atoms with E-state index in [0.717, 1.165) is 29.9 Å². The van der Waals surface area contributed by atoms with Crippen molar-refractivity contribution in [2.75, 3.05) is 13.2 Å². The molecular weight excluding hydrogens is 300 g/mol. The number of aliphatic hydroxyl groups excluding tert-OH is 1. The number of aliphatic hydroxyl groups is 1. The molecule has 0 aliphatic rings. The van der Waals surface area contributed by atoms with Crippen molar-refractivity contribution in [2.24, 2.45) is 0 Å². The Bertz CT molecular complexity index is 741. The number of hydrogen-bond acceptors (Lipinski definition) is 4. The van der Waals surface area contributed by atoms with Crippen LogP contribution in [0, 0.1) is 0 Å². The highest BCUT2D eigenvalue weighted by molar-refractivity contribution is 5.60. The molecule has 5 heteroatoms. The van der Waals surface area contributed by atoms with Gasteiger partial charge in [0.1, 0.15) is 11.4 Å². The molecule has 0 fully saturated rings. The zero-order chi connectivity index (χ0) is 16.6. The molecule has 0 amide bonds. The Hall–Kier alpha value is -2.50. The molecule has 0 spiro atoms. The highest BCUT2D eigenvalue weighted by Crippen LogP contribution is 2.20. The number of nitrogens with one attached hydrogen (secondary N) is 1. The lowest BCUT2D eigenvalue weighted by Crippen LogP contribution is -2.16. The Morgan fingerprint density at radius 3 is 2.33 bits per heavy atom. The second kappa shape index (κ2) is 8.38. The fraction of sp³-hybridized carbons (Fsp3) is 0.263. The summed E-state index contributed by atoms with van der Waals surface area (Å²) in [7, 11) is 0. The van der Waals surface area contributed by atoms with Gasteiger partial charge in [0, 0.05) is 18.7 Å². The van der Waals surface area contributed by atoms with Gasteiger partial charge in [0.05, 0.1) is 6.54 Å². The van der Waals surface area contributed by atoms with Crippen molar-refractivity contribution >= 4 is 0 Å². The first-order chi connectivity index (χ1) is 11.9. The van der Waals surface area contributed by atoms with E-state index in [0.29, 0.717) is 13.1 Å². The molecule has 2 N–H and O–H groups in total. The summed E-state index contributed by atoms with van der Waals surface area (Å²) < 4.78 is 0. The van der Waals surface area contributed by atoms with Crippen molar-refractivity contribution in [1.82, 2.24) is 20.3 Å². The number of aromatic nitrogens is 3. The SMILES string of the molecule is OCCCNCc1nn(Cc2ccccc2)nc1-c1ccccc1. The third kappa shape index (κ3) is 4.28. The summed E-state index contributed by atoms with van der Waals surface area (Å²) in [5.41, 5.74) is 4.07. The predicted octanol–water partition coefficient (Wildman–Crippen LogP) is 2.47. The Labute approximate surface area is 142 Å². The molecule has 1 aromatic heterocycles. The van der Waals surface area contributed by atoms with Gasteiger partial charge < -0.3 is 10.4 Å². The first-order valence-corrected chi connectivity index (χ1v) is 8.22. The maximum atomic E-state index is 8.89. The van der Waals surface area contributed by atoms with E-state index in [1.807, 2.05) is 48.5 Å². The van der Waals surface area contributed by atoms with Crippen molar-refractivity contribution in [1.29, 1.82) is 0 Å². The maximum Gasteiger partial charge on any atom is 0.117 e. The summed E-state index contributed by atoms with van der Waals surface area (Å²) in [5, 5.41) is 21.6. The minimum atomic E-state index is 0.194. The molecule has 0 saturated heterocycles. The number of benzene rings is 2. The number of hydrogen-bond donors (Lipinski definition) is 2. The van der Waals surface area contributed by atoms with Crippen LogP contribution in [0.3, 0.4) is 0 Å². The minimum Gasteiger partial charge on any atom is -0.396 e. The van der Waals surface area contributed by atoms with Gasteiger partial charge in [-0.2, -0.15) is 15.0 Å². The topological polar surface area (TPSA) is 63.0 Å². The van der Waals surface area contributed by atoms with Crippen LogP contribution in [-0.2, 0) is 13.1 Å². The molecule has 2 aromatic carbocycles. The third-order valence-corrected chi connectivity index (χ3v) is 3.74. The molecule has 3 rings (SSSR count). The highest BCUT2D eigenvalue weighted by Gasteiger charge is 2.13. The molecule has 124 valence electrons. The summed E-state index contributed by atoms with van der Waals surface area (Å²) in [6.45, 7) is 2.24. The maximum absolute atomic E-state index is 8.89. The van der Waals surface area contributed by atoms with Crippen LogP contribution in [0.2, 0.25) is 0 Å². The number of nitrogens with zero attached hydrogens (tertiary/aromatic N) is 3. The molecule has 0 atom stereocenters. The molecule has 0 radical (unpaired) electrons. The molecule has 0 aliphatic carbocycles. The van der Waals surface area contributed by atoms with Crippen LogP contribution in [0.1, 0.15) is 17.7 Å². The predicted molar refractivity (Wildman–Crippen MR) is 94.4 cm³/mol. The molecule has 24 heavy (non-hydrogen) atoms. The van der Waals surface area contributed by atoms with Crippen molar-refractivity contribution in [3.05, 3.63) is 71.9 Å². The van der Waals surface area contributed by atoms with E-state index in [9.17, 15) is 0 Å². The standard InChI is InChI=1S/C19H22N4O/c24-13-7-12-20-14-18-19(17-10-5-2-6-11-17)22-23(21-18)15-16-8-3-1-4-9-16/h1-6,8-11,20,24H,7,12-15H2. The summed E-state index contributed by atoms with van der Waals surface area (Å²) in [6, 6.07) is 20.3. The van der Waals surface area contributed by atoms with Gasteiger partial charge in [-0.1, -0.05) is 60.7 Å². The quantitative estimate of drug-likeness (QED) is 0.625. The van der Waals surface area contributed by atoms with Gasteiger partial charge >= 0.3 is 0 Å². The van der Waals surface area contributed by atoms with Gasteiger partial charge in [0.2, 0.25) is 0 Å². The first-order valence-electron chi connectivity index (χ1n) is 8.22. The van der Waals surface area contributed by atoms with Crippen LogP contribution in [0.5, 0.6) is 0 Å².